The summed E-state index contributed by atoms with van der Waals surface area (Å²) in [7, 11) is 0. The van der Waals surface area contributed by atoms with E-state index < -0.39 is 0 Å². The summed E-state index contributed by atoms with van der Waals surface area (Å²) < 4.78 is 0. The van der Waals surface area contributed by atoms with Gasteiger partial charge >= 0.3 is 0 Å². The maximum absolute atomic E-state index is 13.0. The molecule has 0 aromatic heterocycles. The minimum absolute atomic E-state index is 0.268. The Balaban J connectivity index is 1.80. The summed E-state index contributed by atoms with van der Waals surface area (Å²) in [5, 5.41) is 3.45. The quantitative estimate of drug-likeness (QED) is 0.898. The van der Waals surface area contributed by atoms with Gasteiger partial charge in [-0.15, -0.1) is 0 Å². The van der Waals surface area contributed by atoms with Crippen molar-refractivity contribution in [2.45, 2.75) is 50.6 Å². The molecular weight excluding hydrogens is 248 g/mol. The third kappa shape index (κ3) is 2.47. The predicted octanol–water partition coefficient (Wildman–Crippen LogP) is 2.88. The molecule has 0 radical (unpaired) electrons. The van der Waals surface area contributed by atoms with Crippen LogP contribution < -0.4 is 5.32 Å². The van der Waals surface area contributed by atoms with Crippen molar-refractivity contribution in [1.29, 1.82) is 0 Å². The molecule has 2 heterocycles. The Bertz CT molecular complexity index is 465. The van der Waals surface area contributed by atoms with Gasteiger partial charge in [0.15, 0.2) is 0 Å². The van der Waals surface area contributed by atoms with Crippen LogP contribution in [0.25, 0.3) is 0 Å². The minimum atomic E-state index is -0.352. The molecule has 3 rings (SSSR count). The van der Waals surface area contributed by atoms with Crippen molar-refractivity contribution in [2.75, 3.05) is 13.1 Å². The van der Waals surface area contributed by atoms with Gasteiger partial charge in [0.2, 0.25) is 5.91 Å². The van der Waals surface area contributed by atoms with E-state index in [1.807, 2.05) is 6.07 Å². The second-order valence-electron chi connectivity index (χ2n) is 6.28. The van der Waals surface area contributed by atoms with Crippen molar-refractivity contribution >= 4 is 5.91 Å². The second kappa shape index (κ2) is 5.57. The zero-order valence-corrected chi connectivity index (χ0v) is 12.3. The molecule has 3 nitrogen and oxygen atoms in total. The zero-order valence-electron chi connectivity index (χ0n) is 12.3. The van der Waals surface area contributed by atoms with Gasteiger partial charge in [0.25, 0.3) is 0 Å². The highest BCUT2D eigenvalue weighted by atomic mass is 16.2. The summed E-state index contributed by atoms with van der Waals surface area (Å²) in [5.41, 5.74) is 0.924. The van der Waals surface area contributed by atoms with Gasteiger partial charge in [0.05, 0.1) is 11.6 Å². The van der Waals surface area contributed by atoms with Gasteiger partial charge in [-0.05, 0) is 51.1 Å². The molecule has 2 atom stereocenters. The van der Waals surface area contributed by atoms with Crippen LogP contribution in [0.4, 0.5) is 0 Å². The molecule has 2 aliphatic heterocycles. The number of rotatable bonds is 2. The van der Waals surface area contributed by atoms with Crippen LogP contribution in [0.2, 0.25) is 0 Å². The average Bonchev–Trinajstić information content (AvgIpc) is 2.97. The molecule has 1 aromatic rings. The van der Waals surface area contributed by atoms with Crippen molar-refractivity contribution in [1.82, 2.24) is 10.2 Å². The van der Waals surface area contributed by atoms with E-state index in [1.54, 1.807) is 0 Å². The smallest absolute Gasteiger partial charge is 0.243 e. The SMILES string of the molecule is CC1(C(=O)N2CCCC2c2ccccc2)CCCCN1. The molecule has 1 N–H and O–H groups in total. The maximum Gasteiger partial charge on any atom is 0.243 e. The maximum atomic E-state index is 13.0. The summed E-state index contributed by atoms with van der Waals surface area (Å²) in [6.45, 7) is 3.94. The highest BCUT2D eigenvalue weighted by molar-refractivity contribution is 5.86. The molecule has 108 valence electrons. The van der Waals surface area contributed by atoms with E-state index in [0.29, 0.717) is 5.91 Å². The highest BCUT2D eigenvalue weighted by Crippen LogP contribution is 2.35. The number of nitrogens with zero attached hydrogens (tertiary/aromatic N) is 1. The lowest BCUT2D eigenvalue weighted by Gasteiger charge is -2.38. The number of nitrogens with one attached hydrogen (secondary N) is 1. The monoisotopic (exact) mass is 272 g/mol. The Morgan fingerprint density at radius 3 is 2.75 bits per heavy atom. The van der Waals surface area contributed by atoms with Crippen LogP contribution in [-0.4, -0.2) is 29.4 Å². The fourth-order valence-corrected chi connectivity index (χ4v) is 3.59. The van der Waals surface area contributed by atoms with E-state index in [-0.39, 0.29) is 11.6 Å². The fraction of sp³-hybridized carbons (Fsp3) is 0.588. The molecule has 20 heavy (non-hydrogen) atoms. The van der Waals surface area contributed by atoms with Crippen LogP contribution in [-0.2, 0) is 4.79 Å². The van der Waals surface area contributed by atoms with E-state index in [9.17, 15) is 4.79 Å². The Hall–Kier alpha value is -1.35. The molecule has 2 saturated heterocycles. The largest absolute Gasteiger partial charge is 0.334 e. The number of piperidine rings is 1. The predicted molar refractivity (Wildman–Crippen MR) is 80.4 cm³/mol. The van der Waals surface area contributed by atoms with E-state index in [0.717, 1.165) is 38.8 Å². The average molecular weight is 272 g/mol. The first kappa shape index (κ1) is 13.6. The third-order valence-corrected chi connectivity index (χ3v) is 4.79. The lowest BCUT2D eigenvalue weighted by Crippen LogP contribution is -2.57. The number of likely N-dealkylation sites (tertiary alicyclic amines) is 1. The van der Waals surface area contributed by atoms with Crippen molar-refractivity contribution < 1.29 is 4.79 Å². The van der Waals surface area contributed by atoms with Crippen LogP contribution in [0.3, 0.4) is 0 Å². The zero-order chi connectivity index (χ0) is 14.0. The van der Waals surface area contributed by atoms with E-state index in [4.69, 9.17) is 0 Å². The molecule has 0 aliphatic carbocycles. The molecule has 2 aliphatic rings. The molecule has 0 spiro atoms. The Kier molecular flexibility index (Phi) is 3.79. The fourth-order valence-electron chi connectivity index (χ4n) is 3.59. The standard InChI is InChI=1S/C17H24N2O/c1-17(11-5-6-12-18-17)16(20)19-13-7-10-15(19)14-8-3-2-4-9-14/h2-4,8-9,15,18H,5-7,10-13H2,1H3. The Morgan fingerprint density at radius 1 is 1.25 bits per heavy atom. The number of benzene rings is 1. The number of carbonyl (C=O) groups is 1. The summed E-state index contributed by atoms with van der Waals surface area (Å²) in [4.78, 5) is 15.1. The van der Waals surface area contributed by atoms with Crippen LogP contribution >= 0.6 is 0 Å². The van der Waals surface area contributed by atoms with Gasteiger partial charge in [0.1, 0.15) is 0 Å². The van der Waals surface area contributed by atoms with E-state index in [1.165, 1.54) is 12.0 Å². The molecular formula is C17H24N2O. The topological polar surface area (TPSA) is 32.3 Å². The first-order chi connectivity index (χ1) is 9.71. The molecule has 0 saturated carbocycles. The van der Waals surface area contributed by atoms with Crippen LogP contribution in [0.1, 0.15) is 50.6 Å². The van der Waals surface area contributed by atoms with Gasteiger partial charge in [-0.2, -0.15) is 0 Å². The van der Waals surface area contributed by atoms with Crippen molar-refractivity contribution in [3.63, 3.8) is 0 Å². The van der Waals surface area contributed by atoms with Gasteiger partial charge in [-0.25, -0.2) is 0 Å². The van der Waals surface area contributed by atoms with Gasteiger partial charge in [0, 0.05) is 6.54 Å². The molecule has 0 bridgehead atoms. The van der Waals surface area contributed by atoms with Crippen molar-refractivity contribution in [3.8, 4) is 0 Å². The van der Waals surface area contributed by atoms with Gasteiger partial charge in [-0.3, -0.25) is 4.79 Å². The van der Waals surface area contributed by atoms with Crippen LogP contribution in [0, 0.1) is 0 Å². The number of amides is 1. The molecule has 2 fully saturated rings. The number of carbonyl (C=O) groups excluding carboxylic acids is 1. The van der Waals surface area contributed by atoms with Crippen LogP contribution in [0.15, 0.2) is 30.3 Å². The number of hydrogen-bond acceptors (Lipinski definition) is 2. The second-order valence-corrected chi connectivity index (χ2v) is 6.28. The summed E-state index contributed by atoms with van der Waals surface area (Å²) in [6.07, 6.45) is 5.50. The summed E-state index contributed by atoms with van der Waals surface area (Å²) >= 11 is 0. The Morgan fingerprint density at radius 2 is 2.05 bits per heavy atom. The van der Waals surface area contributed by atoms with Crippen LogP contribution in [0.5, 0.6) is 0 Å². The minimum Gasteiger partial charge on any atom is -0.334 e. The molecule has 1 amide bonds. The van der Waals surface area contributed by atoms with E-state index >= 15 is 0 Å². The molecule has 3 heteroatoms. The van der Waals surface area contributed by atoms with E-state index in [2.05, 4.69) is 41.4 Å². The number of hydrogen-bond donors (Lipinski definition) is 1. The molecule has 1 aromatic carbocycles. The molecule has 2 unspecified atom stereocenters. The normalized spacial score (nSPS) is 30.4. The lowest BCUT2D eigenvalue weighted by atomic mass is 9.89. The summed E-state index contributed by atoms with van der Waals surface area (Å²) in [5.74, 6) is 0.295. The third-order valence-electron chi connectivity index (χ3n) is 4.79. The summed E-state index contributed by atoms with van der Waals surface area (Å²) in [6, 6.07) is 10.7. The van der Waals surface area contributed by atoms with Gasteiger partial charge < -0.3 is 10.2 Å². The van der Waals surface area contributed by atoms with Crippen molar-refractivity contribution in [2.24, 2.45) is 0 Å². The first-order valence-electron chi connectivity index (χ1n) is 7.82. The van der Waals surface area contributed by atoms with Gasteiger partial charge in [-0.1, -0.05) is 30.3 Å². The Labute approximate surface area is 121 Å². The first-order valence-corrected chi connectivity index (χ1v) is 7.82. The van der Waals surface area contributed by atoms with Crippen molar-refractivity contribution in [3.05, 3.63) is 35.9 Å². The lowest BCUT2D eigenvalue weighted by molar-refractivity contribution is -0.139. The highest BCUT2D eigenvalue weighted by Gasteiger charge is 2.41.